The number of anilines is 1. The fraction of sp³-hybridized carbons (Fsp3) is 0.286. The summed E-state index contributed by atoms with van der Waals surface area (Å²) in [5.74, 6) is 0. The van der Waals surface area contributed by atoms with Crippen LogP contribution in [0.2, 0.25) is 0 Å². The number of halogens is 1. The third-order valence-electron chi connectivity index (χ3n) is 4.94. The van der Waals surface area contributed by atoms with E-state index in [2.05, 4.69) is 43.5 Å². The number of fused-ring (bicyclic) bond motifs is 1. The molecular weight excluding hydrogens is 422 g/mol. The number of thiophene rings is 1. The van der Waals surface area contributed by atoms with Crippen LogP contribution in [0.3, 0.4) is 0 Å². The van der Waals surface area contributed by atoms with Gasteiger partial charge in [0, 0.05) is 39.5 Å². The smallest absolute Gasteiger partial charge is 0.319 e. The molecule has 0 saturated carbocycles. The van der Waals surface area contributed by atoms with Crippen LogP contribution >= 0.6 is 27.3 Å². The van der Waals surface area contributed by atoms with Crippen molar-refractivity contribution in [2.75, 3.05) is 5.32 Å². The van der Waals surface area contributed by atoms with E-state index in [1.54, 1.807) is 0 Å². The lowest BCUT2D eigenvalue weighted by Gasteiger charge is -2.14. The van der Waals surface area contributed by atoms with Gasteiger partial charge in [-0.3, -0.25) is 0 Å². The van der Waals surface area contributed by atoms with Gasteiger partial charge in [0.05, 0.1) is 0 Å². The van der Waals surface area contributed by atoms with Gasteiger partial charge >= 0.3 is 6.03 Å². The van der Waals surface area contributed by atoms with Crippen LogP contribution in [-0.4, -0.2) is 10.6 Å². The summed E-state index contributed by atoms with van der Waals surface area (Å²) in [6, 6.07) is 9.71. The summed E-state index contributed by atoms with van der Waals surface area (Å²) in [5.41, 5.74) is 4.59. The molecule has 2 amide bonds. The molecule has 0 fully saturated rings. The highest BCUT2D eigenvalue weighted by atomic mass is 79.9. The monoisotopic (exact) mass is 443 g/mol. The maximum atomic E-state index is 12.4. The fourth-order valence-corrected chi connectivity index (χ4v) is 5.16. The summed E-state index contributed by atoms with van der Waals surface area (Å²) >= 11 is 5.35. The van der Waals surface area contributed by atoms with Crippen LogP contribution in [0.25, 0.3) is 5.00 Å². The number of aromatic nitrogens is 1. The number of nitrogens with one attached hydrogen (secondary N) is 2. The first-order valence-electron chi connectivity index (χ1n) is 9.19. The summed E-state index contributed by atoms with van der Waals surface area (Å²) in [6.07, 6.45) is 8.90. The van der Waals surface area contributed by atoms with E-state index < -0.39 is 0 Å². The maximum Gasteiger partial charge on any atom is 0.319 e. The topological polar surface area (TPSA) is 46.1 Å². The van der Waals surface area contributed by atoms with Gasteiger partial charge in [-0.25, -0.2) is 4.79 Å². The molecule has 0 aliphatic heterocycles. The van der Waals surface area contributed by atoms with Crippen molar-refractivity contribution in [2.24, 2.45) is 0 Å². The first-order chi connectivity index (χ1) is 13.1. The molecule has 0 saturated heterocycles. The molecule has 6 heteroatoms. The molecule has 140 valence electrons. The minimum atomic E-state index is -0.175. The standard InChI is InChI=1S/C21H22BrN3OS/c1-14-12-15(8-9-18(14)22)24-21(26)23-13-17-16-6-2-3-7-19(16)27-20(17)25-10-4-5-11-25/h4-5,8-12H,2-3,6-7,13H2,1H3,(H2,23,24,26). The van der Waals surface area contributed by atoms with E-state index in [9.17, 15) is 4.79 Å². The molecule has 0 atom stereocenters. The van der Waals surface area contributed by atoms with Gasteiger partial charge in [-0.1, -0.05) is 15.9 Å². The van der Waals surface area contributed by atoms with Crippen LogP contribution in [0.15, 0.2) is 47.2 Å². The van der Waals surface area contributed by atoms with Crippen molar-refractivity contribution in [1.29, 1.82) is 0 Å². The average Bonchev–Trinajstić information content (AvgIpc) is 3.30. The Morgan fingerprint density at radius 2 is 2.00 bits per heavy atom. The zero-order valence-electron chi connectivity index (χ0n) is 15.2. The zero-order valence-corrected chi connectivity index (χ0v) is 17.6. The number of aryl methyl sites for hydroxylation is 2. The number of amides is 2. The van der Waals surface area contributed by atoms with Crippen LogP contribution in [0.4, 0.5) is 10.5 Å². The Kier molecular flexibility index (Phi) is 5.36. The minimum Gasteiger partial charge on any atom is -0.334 e. The molecular formula is C21H22BrN3OS. The van der Waals surface area contributed by atoms with E-state index in [0.717, 1.165) is 28.6 Å². The lowest BCUT2D eigenvalue weighted by Crippen LogP contribution is -2.28. The first kappa shape index (κ1) is 18.3. The number of hydrogen-bond donors (Lipinski definition) is 2. The van der Waals surface area contributed by atoms with Gasteiger partial charge in [0.2, 0.25) is 0 Å². The zero-order chi connectivity index (χ0) is 18.8. The van der Waals surface area contributed by atoms with Crippen LogP contribution in [-0.2, 0) is 19.4 Å². The quantitative estimate of drug-likeness (QED) is 0.524. The van der Waals surface area contributed by atoms with Crippen molar-refractivity contribution in [3.63, 3.8) is 0 Å². The normalized spacial score (nSPS) is 13.3. The van der Waals surface area contributed by atoms with E-state index in [0.29, 0.717) is 6.54 Å². The van der Waals surface area contributed by atoms with Gasteiger partial charge in [-0.15, -0.1) is 11.3 Å². The maximum absolute atomic E-state index is 12.4. The second kappa shape index (κ2) is 7.90. The summed E-state index contributed by atoms with van der Waals surface area (Å²) in [6.45, 7) is 2.55. The molecule has 4 rings (SSSR count). The Bertz CT molecular complexity index is 962. The molecule has 2 heterocycles. The van der Waals surface area contributed by atoms with E-state index in [1.165, 1.54) is 33.8 Å². The molecule has 1 aliphatic rings. The molecule has 0 bridgehead atoms. The third kappa shape index (κ3) is 3.96. The van der Waals surface area contributed by atoms with Gasteiger partial charge in [0.25, 0.3) is 0 Å². The molecule has 4 nitrogen and oxygen atoms in total. The second-order valence-corrected chi connectivity index (χ2v) is 8.79. The number of benzene rings is 1. The van der Waals surface area contributed by atoms with Crippen LogP contribution < -0.4 is 10.6 Å². The van der Waals surface area contributed by atoms with Gasteiger partial charge in [-0.05, 0) is 74.1 Å². The molecule has 1 aliphatic carbocycles. The Balaban J connectivity index is 1.51. The number of carbonyl (C=O) groups is 1. The van der Waals surface area contributed by atoms with Gasteiger partial charge in [0.15, 0.2) is 0 Å². The Hall–Kier alpha value is -2.05. The molecule has 0 unspecified atom stereocenters. The van der Waals surface area contributed by atoms with Gasteiger partial charge < -0.3 is 15.2 Å². The summed E-state index contributed by atoms with van der Waals surface area (Å²) in [5, 5.41) is 7.21. The summed E-state index contributed by atoms with van der Waals surface area (Å²) in [7, 11) is 0. The molecule has 2 aromatic heterocycles. The Morgan fingerprint density at radius 3 is 2.78 bits per heavy atom. The fourth-order valence-electron chi connectivity index (χ4n) is 3.54. The Labute approximate surface area is 171 Å². The number of hydrogen-bond acceptors (Lipinski definition) is 2. The van der Waals surface area contributed by atoms with Gasteiger partial charge in [0.1, 0.15) is 5.00 Å². The number of urea groups is 1. The molecule has 3 aromatic rings. The SMILES string of the molecule is Cc1cc(NC(=O)NCc2c(-n3cccc3)sc3c2CCCC3)ccc1Br. The summed E-state index contributed by atoms with van der Waals surface area (Å²) < 4.78 is 3.20. The summed E-state index contributed by atoms with van der Waals surface area (Å²) in [4.78, 5) is 13.9. The average molecular weight is 444 g/mol. The molecule has 27 heavy (non-hydrogen) atoms. The molecule has 1 aromatic carbocycles. The van der Waals surface area contributed by atoms with Crippen molar-refractivity contribution in [1.82, 2.24) is 9.88 Å². The van der Waals surface area contributed by atoms with E-state index in [1.807, 2.05) is 48.6 Å². The van der Waals surface area contributed by atoms with Crippen molar-refractivity contribution in [3.8, 4) is 5.00 Å². The largest absolute Gasteiger partial charge is 0.334 e. The highest BCUT2D eigenvalue weighted by Crippen LogP contribution is 2.36. The van der Waals surface area contributed by atoms with Crippen molar-refractivity contribution in [2.45, 2.75) is 39.2 Å². The van der Waals surface area contributed by atoms with E-state index in [-0.39, 0.29) is 6.03 Å². The first-order valence-corrected chi connectivity index (χ1v) is 10.8. The Morgan fingerprint density at radius 1 is 1.22 bits per heavy atom. The number of nitrogens with zero attached hydrogens (tertiary/aromatic N) is 1. The predicted molar refractivity (Wildman–Crippen MR) is 115 cm³/mol. The predicted octanol–water partition coefficient (Wildman–Crippen LogP) is 5.81. The lowest BCUT2D eigenvalue weighted by atomic mass is 9.95. The van der Waals surface area contributed by atoms with Crippen molar-refractivity contribution < 1.29 is 4.79 Å². The van der Waals surface area contributed by atoms with Crippen molar-refractivity contribution in [3.05, 3.63) is 68.8 Å². The molecule has 0 radical (unpaired) electrons. The highest BCUT2D eigenvalue weighted by Gasteiger charge is 2.21. The van der Waals surface area contributed by atoms with Crippen LogP contribution in [0, 0.1) is 6.92 Å². The number of carbonyl (C=O) groups excluding carboxylic acids is 1. The molecule has 2 N–H and O–H groups in total. The third-order valence-corrected chi connectivity index (χ3v) is 7.18. The van der Waals surface area contributed by atoms with Crippen LogP contribution in [0.5, 0.6) is 0 Å². The second-order valence-electron chi connectivity index (χ2n) is 6.86. The number of rotatable bonds is 4. The minimum absolute atomic E-state index is 0.175. The van der Waals surface area contributed by atoms with Crippen LogP contribution in [0.1, 0.15) is 34.4 Å². The molecule has 0 spiro atoms. The van der Waals surface area contributed by atoms with Crippen molar-refractivity contribution >= 4 is 39.0 Å². The van der Waals surface area contributed by atoms with Gasteiger partial charge in [-0.2, -0.15) is 0 Å². The lowest BCUT2D eigenvalue weighted by molar-refractivity contribution is 0.251. The highest BCUT2D eigenvalue weighted by molar-refractivity contribution is 9.10. The van der Waals surface area contributed by atoms with E-state index >= 15 is 0 Å². The van der Waals surface area contributed by atoms with E-state index in [4.69, 9.17) is 0 Å².